The zero-order chi connectivity index (χ0) is 23.3. The predicted molar refractivity (Wildman–Crippen MR) is 121 cm³/mol. The molecular weight excluding hydrogens is 474 g/mol. The molecule has 0 radical (unpaired) electrons. The van der Waals surface area contributed by atoms with Crippen LogP contribution in [0.2, 0.25) is 0 Å². The number of aromatic nitrogens is 4. The Balaban J connectivity index is 1.65. The number of nitrogens with zero attached hydrogens (tertiary/aromatic N) is 4. The molecule has 0 bridgehead atoms. The molecular formula is C19H21N5O5S3. The highest BCUT2D eigenvalue weighted by molar-refractivity contribution is 7.99. The summed E-state index contributed by atoms with van der Waals surface area (Å²) >= 11 is 2.16. The molecule has 0 saturated carbocycles. The van der Waals surface area contributed by atoms with Gasteiger partial charge in [-0.1, -0.05) is 41.3 Å². The van der Waals surface area contributed by atoms with E-state index in [-0.39, 0.29) is 22.3 Å². The number of carbonyl (C=O) groups excluding carboxylic acids is 2. The first-order valence-corrected chi connectivity index (χ1v) is 12.9. The molecule has 0 saturated heterocycles. The number of carbonyl (C=O) groups is 2. The van der Waals surface area contributed by atoms with Gasteiger partial charge in [0.1, 0.15) is 16.5 Å². The SMILES string of the molecule is CCn1c(CS(=O)(=O)c2ccccc2)nnc1SCC(=O)Nc1nc(C)c(C(=O)OC)s1. The van der Waals surface area contributed by atoms with Gasteiger partial charge in [-0.15, -0.1) is 10.2 Å². The standard InChI is InChI=1S/C19H21N5O5S3/c1-4-24-14(11-32(27,28)13-8-6-5-7-9-13)22-23-19(24)30-10-15(25)21-18-20-12(2)16(31-18)17(26)29-3/h5-9H,4,10-11H2,1-3H3,(H,20,21,25). The lowest BCUT2D eigenvalue weighted by molar-refractivity contribution is -0.113. The van der Waals surface area contributed by atoms with Crippen LogP contribution in [-0.4, -0.2) is 52.9 Å². The smallest absolute Gasteiger partial charge is 0.350 e. The summed E-state index contributed by atoms with van der Waals surface area (Å²) in [4.78, 5) is 28.7. The van der Waals surface area contributed by atoms with Crippen molar-refractivity contribution >= 4 is 49.9 Å². The topological polar surface area (TPSA) is 133 Å². The first-order chi connectivity index (χ1) is 15.2. The van der Waals surface area contributed by atoms with Gasteiger partial charge in [-0.25, -0.2) is 18.2 Å². The molecule has 0 unspecified atom stereocenters. The minimum Gasteiger partial charge on any atom is -0.465 e. The molecule has 1 N–H and O–H groups in total. The third kappa shape index (κ3) is 5.53. The maximum absolute atomic E-state index is 12.7. The first-order valence-electron chi connectivity index (χ1n) is 9.43. The molecule has 1 aromatic carbocycles. The average Bonchev–Trinajstić information content (AvgIpc) is 3.34. The highest BCUT2D eigenvalue weighted by Gasteiger charge is 2.22. The largest absolute Gasteiger partial charge is 0.465 e. The molecule has 0 atom stereocenters. The lowest BCUT2D eigenvalue weighted by Crippen LogP contribution is -2.15. The van der Waals surface area contributed by atoms with Crippen molar-refractivity contribution in [2.24, 2.45) is 0 Å². The van der Waals surface area contributed by atoms with Crippen LogP contribution in [-0.2, 0) is 31.7 Å². The van der Waals surface area contributed by atoms with Crippen molar-refractivity contribution in [3.05, 3.63) is 46.7 Å². The maximum Gasteiger partial charge on any atom is 0.350 e. The van der Waals surface area contributed by atoms with Crippen molar-refractivity contribution in [2.45, 2.75) is 36.2 Å². The Morgan fingerprint density at radius 1 is 1.22 bits per heavy atom. The van der Waals surface area contributed by atoms with Gasteiger partial charge in [0.05, 0.1) is 23.5 Å². The third-order valence-electron chi connectivity index (χ3n) is 4.28. The second-order valence-electron chi connectivity index (χ2n) is 6.48. The minimum atomic E-state index is -3.57. The number of hydrogen-bond acceptors (Lipinski definition) is 10. The van der Waals surface area contributed by atoms with E-state index in [1.165, 1.54) is 19.2 Å². The minimum absolute atomic E-state index is 0.00968. The first kappa shape index (κ1) is 23.9. The van der Waals surface area contributed by atoms with Crippen molar-refractivity contribution in [3.8, 4) is 0 Å². The molecule has 0 spiro atoms. The number of rotatable bonds is 9. The number of sulfone groups is 1. The Morgan fingerprint density at radius 3 is 2.59 bits per heavy atom. The molecule has 2 aromatic heterocycles. The molecule has 1 amide bonds. The predicted octanol–water partition coefficient (Wildman–Crippen LogP) is 2.55. The van der Waals surface area contributed by atoms with Crippen molar-refractivity contribution in [2.75, 3.05) is 18.2 Å². The number of benzene rings is 1. The monoisotopic (exact) mass is 495 g/mol. The normalized spacial score (nSPS) is 11.3. The van der Waals surface area contributed by atoms with Crippen molar-refractivity contribution in [1.82, 2.24) is 19.7 Å². The van der Waals surface area contributed by atoms with Gasteiger partial charge in [-0.2, -0.15) is 0 Å². The summed E-state index contributed by atoms with van der Waals surface area (Å²) < 4.78 is 31.7. The lowest BCUT2D eigenvalue weighted by atomic mass is 10.4. The summed E-state index contributed by atoms with van der Waals surface area (Å²) in [5.41, 5.74) is 0.472. The second-order valence-corrected chi connectivity index (χ2v) is 10.4. The average molecular weight is 496 g/mol. The number of thioether (sulfide) groups is 1. The zero-order valence-electron chi connectivity index (χ0n) is 17.6. The van der Waals surface area contributed by atoms with Crippen molar-refractivity contribution in [1.29, 1.82) is 0 Å². The van der Waals surface area contributed by atoms with Crippen LogP contribution in [0.25, 0.3) is 0 Å². The molecule has 170 valence electrons. The highest BCUT2D eigenvalue weighted by atomic mass is 32.2. The maximum atomic E-state index is 12.7. The number of nitrogens with one attached hydrogen (secondary N) is 1. The summed E-state index contributed by atoms with van der Waals surface area (Å²) in [6, 6.07) is 8.14. The second kappa shape index (κ2) is 10.2. The number of esters is 1. The fourth-order valence-corrected chi connectivity index (χ4v) is 5.76. The quantitative estimate of drug-likeness (QED) is 0.351. The summed E-state index contributed by atoms with van der Waals surface area (Å²) in [5.74, 6) is -0.833. The van der Waals surface area contributed by atoms with Gasteiger partial charge < -0.3 is 14.6 Å². The summed E-state index contributed by atoms with van der Waals surface area (Å²) in [5, 5.41) is 11.4. The number of thiazole rings is 1. The molecule has 3 rings (SSSR count). The highest BCUT2D eigenvalue weighted by Crippen LogP contribution is 2.24. The van der Waals surface area contributed by atoms with Gasteiger partial charge in [0.2, 0.25) is 5.91 Å². The molecule has 13 heteroatoms. The van der Waals surface area contributed by atoms with Crippen molar-refractivity contribution < 1.29 is 22.7 Å². The number of methoxy groups -OCH3 is 1. The third-order valence-corrected chi connectivity index (χ3v) is 7.93. The van der Waals surface area contributed by atoms with Crippen LogP contribution in [0.15, 0.2) is 40.4 Å². The molecule has 10 nitrogen and oxygen atoms in total. The van der Waals surface area contributed by atoms with Crippen LogP contribution in [0.5, 0.6) is 0 Å². The van der Waals surface area contributed by atoms with E-state index in [1.54, 1.807) is 29.7 Å². The molecule has 0 aliphatic rings. The molecule has 2 heterocycles. The van der Waals surface area contributed by atoms with E-state index in [0.717, 1.165) is 23.1 Å². The summed E-state index contributed by atoms with van der Waals surface area (Å²) in [6.45, 7) is 3.95. The van der Waals surface area contributed by atoms with E-state index in [4.69, 9.17) is 0 Å². The van der Waals surface area contributed by atoms with E-state index < -0.39 is 15.8 Å². The Hall–Kier alpha value is -2.77. The van der Waals surface area contributed by atoms with E-state index in [2.05, 4.69) is 25.2 Å². The molecule has 0 aliphatic heterocycles. The van der Waals surface area contributed by atoms with Crippen molar-refractivity contribution in [3.63, 3.8) is 0 Å². The number of aryl methyl sites for hydroxylation is 1. The van der Waals surface area contributed by atoms with E-state index in [9.17, 15) is 18.0 Å². The summed E-state index contributed by atoms with van der Waals surface area (Å²) in [6.07, 6.45) is 0. The van der Waals surface area contributed by atoms with Gasteiger partial charge in [0.25, 0.3) is 0 Å². The Labute approximate surface area is 193 Å². The van der Waals surface area contributed by atoms with Crippen LogP contribution < -0.4 is 5.32 Å². The molecule has 32 heavy (non-hydrogen) atoms. The molecule has 0 aliphatic carbocycles. The van der Waals surface area contributed by atoms with Crippen LogP contribution in [0.4, 0.5) is 5.13 Å². The van der Waals surface area contributed by atoms with Gasteiger partial charge >= 0.3 is 5.97 Å². The van der Waals surface area contributed by atoms with Gasteiger partial charge in [-0.05, 0) is 26.0 Å². The van der Waals surface area contributed by atoms with E-state index in [1.807, 2.05) is 6.92 Å². The number of amides is 1. The Kier molecular flexibility index (Phi) is 7.64. The van der Waals surface area contributed by atoms with Crippen LogP contribution in [0.1, 0.15) is 28.1 Å². The van der Waals surface area contributed by atoms with Crippen LogP contribution >= 0.6 is 23.1 Å². The zero-order valence-corrected chi connectivity index (χ0v) is 20.0. The fraction of sp³-hybridized carbons (Fsp3) is 0.316. The van der Waals surface area contributed by atoms with E-state index >= 15 is 0 Å². The Morgan fingerprint density at radius 2 is 1.94 bits per heavy atom. The lowest BCUT2D eigenvalue weighted by Gasteiger charge is -2.08. The van der Waals surface area contributed by atoms with Crippen LogP contribution in [0.3, 0.4) is 0 Å². The van der Waals surface area contributed by atoms with Crippen LogP contribution in [0, 0.1) is 6.92 Å². The van der Waals surface area contributed by atoms with E-state index in [0.29, 0.717) is 33.2 Å². The number of ether oxygens (including phenoxy) is 1. The van der Waals surface area contributed by atoms with Gasteiger partial charge in [0, 0.05) is 6.54 Å². The van der Waals surface area contributed by atoms with Gasteiger partial charge in [-0.3, -0.25) is 4.79 Å². The van der Waals surface area contributed by atoms with Gasteiger partial charge in [0.15, 0.2) is 20.1 Å². The molecule has 3 aromatic rings. The fourth-order valence-electron chi connectivity index (χ4n) is 2.75. The molecule has 0 fully saturated rings. The summed E-state index contributed by atoms with van der Waals surface area (Å²) in [7, 11) is -2.29. The number of anilines is 1. The Bertz CT molecular complexity index is 1220. The number of hydrogen-bond donors (Lipinski definition) is 1.